The second-order valence-corrected chi connectivity index (χ2v) is 9.45. The normalized spacial score (nSPS) is 15.7. The van der Waals surface area contributed by atoms with Gasteiger partial charge in [-0.3, -0.25) is 0 Å². The quantitative estimate of drug-likeness (QED) is 0.315. The smallest absolute Gasteiger partial charge is 0.119 e. The molecule has 0 amide bonds. The Hall–Kier alpha value is -2.55. The van der Waals surface area contributed by atoms with E-state index in [0.717, 1.165) is 18.6 Å². The number of unbranched alkanes of at least 4 members (excludes halogenated alkanes) is 1. The van der Waals surface area contributed by atoms with Gasteiger partial charge in [-0.1, -0.05) is 60.7 Å². The first-order valence-electron chi connectivity index (χ1n) is 12.6. The fourth-order valence-electron chi connectivity index (χ4n) is 5.46. The molecule has 5 rings (SSSR count). The van der Waals surface area contributed by atoms with Crippen LogP contribution in [0.25, 0.3) is 11.1 Å². The van der Waals surface area contributed by atoms with E-state index in [2.05, 4.69) is 77.7 Å². The van der Waals surface area contributed by atoms with Crippen LogP contribution in [0.15, 0.2) is 72.8 Å². The summed E-state index contributed by atoms with van der Waals surface area (Å²) < 4.78 is 5.51. The number of rotatable bonds is 8. The van der Waals surface area contributed by atoms with Gasteiger partial charge in [0.25, 0.3) is 0 Å². The van der Waals surface area contributed by atoms with Crippen molar-refractivity contribution in [2.24, 2.45) is 0 Å². The van der Waals surface area contributed by atoms with E-state index in [4.69, 9.17) is 4.74 Å². The van der Waals surface area contributed by atoms with E-state index >= 15 is 0 Å². The minimum Gasteiger partial charge on any atom is -0.497 e. The Morgan fingerprint density at radius 2 is 1.56 bits per heavy atom. The molecule has 3 aromatic carbocycles. The van der Waals surface area contributed by atoms with Crippen LogP contribution < -0.4 is 4.74 Å². The number of allylic oxidation sites excluding steroid dienone is 1. The van der Waals surface area contributed by atoms with Crippen molar-refractivity contribution >= 4 is 23.6 Å². The number of ether oxygens (including phenoxy) is 1. The van der Waals surface area contributed by atoms with E-state index in [-0.39, 0.29) is 12.4 Å². The molecule has 1 heterocycles. The number of hydrogen-bond acceptors (Lipinski definition) is 2. The zero-order valence-corrected chi connectivity index (χ0v) is 21.1. The zero-order valence-electron chi connectivity index (χ0n) is 20.3. The number of benzene rings is 3. The molecular weight excluding hydrogens is 438 g/mol. The maximum Gasteiger partial charge on any atom is 0.119 e. The highest BCUT2D eigenvalue weighted by Crippen LogP contribution is 2.41. The highest BCUT2D eigenvalue weighted by Gasteiger charge is 2.22. The minimum absolute atomic E-state index is 0. The van der Waals surface area contributed by atoms with Crippen LogP contribution in [0.5, 0.6) is 5.75 Å². The third-order valence-corrected chi connectivity index (χ3v) is 7.28. The molecule has 0 N–H and O–H groups in total. The van der Waals surface area contributed by atoms with Crippen molar-refractivity contribution in [1.29, 1.82) is 0 Å². The number of aryl methyl sites for hydroxylation is 2. The number of likely N-dealkylation sites (tertiary alicyclic amines) is 1. The highest BCUT2D eigenvalue weighted by atomic mass is 35.5. The molecule has 0 saturated carbocycles. The van der Waals surface area contributed by atoms with Crippen molar-refractivity contribution in [1.82, 2.24) is 4.90 Å². The average molecular weight is 474 g/mol. The molecule has 1 saturated heterocycles. The topological polar surface area (TPSA) is 12.5 Å². The molecule has 178 valence electrons. The molecule has 2 nitrogen and oxygen atoms in total. The van der Waals surface area contributed by atoms with E-state index in [1.807, 2.05) is 0 Å². The van der Waals surface area contributed by atoms with E-state index in [1.54, 1.807) is 7.11 Å². The Bertz CT molecular complexity index is 1100. The molecule has 2 aliphatic rings. The first-order valence-corrected chi connectivity index (χ1v) is 12.6. The lowest BCUT2D eigenvalue weighted by Crippen LogP contribution is -2.20. The zero-order chi connectivity index (χ0) is 22.5. The van der Waals surface area contributed by atoms with Gasteiger partial charge in [0.1, 0.15) is 5.75 Å². The molecular formula is C31H36ClNO. The lowest BCUT2D eigenvalue weighted by atomic mass is 9.79. The van der Waals surface area contributed by atoms with Crippen molar-refractivity contribution in [3.8, 4) is 5.75 Å². The molecule has 0 bridgehead atoms. The molecule has 0 unspecified atom stereocenters. The Morgan fingerprint density at radius 1 is 0.794 bits per heavy atom. The first kappa shape index (κ1) is 24.6. The van der Waals surface area contributed by atoms with Crippen LogP contribution in [-0.2, 0) is 12.8 Å². The Morgan fingerprint density at radius 3 is 2.29 bits per heavy atom. The fraction of sp³-hybridized carbons (Fsp3) is 0.355. The van der Waals surface area contributed by atoms with Crippen LogP contribution in [0.2, 0.25) is 0 Å². The Balaban J connectivity index is 0.00000274. The molecule has 0 aromatic heterocycles. The maximum absolute atomic E-state index is 5.51. The predicted molar refractivity (Wildman–Crippen MR) is 146 cm³/mol. The van der Waals surface area contributed by atoms with Crippen molar-refractivity contribution in [2.75, 3.05) is 26.7 Å². The van der Waals surface area contributed by atoms with Gasteiger partial charge in [0.05, 0.1) is 7.11 Å². The second kappa shape index (κ2) is 11.7. The largest absolute Gasteiger partial charge is 0.497 e. The SMILES string of the molecule is COc1ccc2c(c1)CCC(c1ccccc1)=C2c1ccc(CCCCN2CCCC2)cc1.Cl. The summed E-state index contributed by atoms with van der Waals surface area (Å²) in [5.74, 6) is 0.945. The number of fused-ring (bicyclic) bond motifs is 1. The van der Waals surface area contributed by atoms with Gasteiger partial charge in [0.2, 0.25) is 0 Å². The fourth-order valence-corrected chi connectivity index (χ4v) is 5.46. The van der Waals surface area contributed by atoms with Gasteiger partial charge in [-0.15, -0.1) is 12.4 Å². The highest BCUT2D eigenvalue weighted by molar-refractivity contribution is 6.00. The summed E-state index contributed by atoms with van der Waals surface area (Å²) in [6.45, 7) is 3.88. The molecule has 0 spiro atoms. The predicted octanol–water partition coefficient (Wildman–Crippen LogP) is 7.44. The van der Waals surface area contributed by atoms with Crippen LogP contribution in [0.1, 0.15) is 59.9 Å². The Labute approximate surface area is 211 Å². The monoisotopic (exact) mass is 473 g/mol. The van der Waals surface area contributed by atoms with Gasteiger partial charge >= 0.3 is 0 Å². The van der Waals surface area contributed by atoms with Crippen molar-refractivity contribution in [2.45, 2.75) is 44.9 Å². The van der Waals surface area contributed by atoms with E-state index in [9.17, 15) is 0 Å². The van der Waals surface area contributed by atoms with Gasteiger partial charge in [0.15, 0.2) is 0 Å². The minimum atomic E-state index is 0. The number of hydrogen-bond donors (Lipinski definition) is 0. The summed E-state index contributed by atoms with van der Waals surface area (Å²) in [4.78, 5) is 2.62. The molecule has 1 aliphatic heterocycles. The maximum atomic E-state index is 5.51. The van der Waals surface area contributed by atoms with Gasteiger partial charge in [0, 0.05) is 0 Å². The van der Waals surface area contributed by atoms with Gasteiger partial charge < -0.3 is 9.64 Å². The van der Waals surface area contributed by atoms with Gasteiger partial charge in [-0.05, 0) is 116 Å². The van der Waals surface area contributed by atoms with Crippen LogP contribution in [0.3, 0.4) is 0 Å². The van der Waals surface area contributed by atoms with Crippen molar-refractivity contribution in [3.63, 3.8) is 0 Å². The molecule has 3 aromatic rings. The van der Waals surface area contributed by atoms with Crippen molar-refractivity contribution < 1.29 is 4.74 Å². The van der Waals surface area contributed by atoms with Crippen LogP contribution >= 0.6 is 12.4 Å². The lowest BCUT2D eigenvalue weighted by molar-refractivity contribution is 0.330. The number of methoxy groups -OCH3 is 1. The molecule has 1 aliphatic carbocycles. The molecule has 3 heteroatoms. The van der Waals surface area contributed by atoms with E-state index < -0.39 is 0 Å². The Kier molecular flexibility index (Phi) is 8.48. The van der Waals surface area contributed by atoms with Crippen molar-refractivity contribution in [3.05, 3.63) is 101 Å². The summed E-state index contributed by atoms with van der Waals surface area (Å²) in [6, 6.07) is 26.8. The second-order valence-electron chi connectivity index (χ2n) is 9.45. The van der Waals surface area contributed by atoms with Gasteiger partial charge in [-0.25, -0.2) is 0 Å². The number of halogens is 1. The summed E-state index contributed by atoms with van der Waals surface area (Å²) in [5, 5.41) is 0. The summed E-state index contributed by atoms with van der Waals surface area (Å²) >= 11 is 0. The summed E-state index contributed by atoms with van der Waals surface area (Å²) in [5.41, 5.74) is 9.67. The molecule has 0 radical (unpaired) electrons. The molecule has 1 fully saturated rings. The van der Waals surface area contributed by atoms with Crippen LogP contribution in [0.4, 0.5) is 0 Å². The van der Waals surface area contributed by atoms with E-state index in [1.165, 1.54) is 90.7 Å². The standard InChI is InChI=1S/C31H35NO.ClH/c1-33-28-17-19-30-27(23-28)16-18-29(25-10-3-2-4-11-25)31(30)26-14-12-24(13-15-26)9-5-6-20-32-21-7-8-22-32;/h2-4,10-15,17,19,23H,5-9,16,18,20-22H2,1H3;1H. The third kappa shape index (κ3) is 5.56. The molecule has 0 atom stereocenters. The summed E-state index contributed by atoms with van der Waals surface area (Å²) in [7, 11) is 1.75. The lowest BCUT2D eigenvalue weighted by Gasteiger charge is -2.25. The molecule has 34 heavy (non-hydrogen) atoms. The first-order chi connectivity index (χ1) is 16.3. The third-order valence-electron chi connectivity index (χ3n) is 7.28. The summed E-state index contributed by atoms with van der Waals surface area (Å²) in [6.07, 6.45) is 8.63. The number of nitrogens with zero attached hydrogens (tertiary/aromatic N) is 1. The average Bonchev–Trinajstić information content (AvgIpc) is 3.40. The van der Waals surface area contributed by atoms with Crippen LogP contribution in [-0.4, -0.2) is 31.6 Å². The van der Waals surface area contributed by atoms with Crippen LogP contribution in [0, 0.1) is 0 Å². The van der Waals surface area contributed by atoms with E-state index in [0.29, 0.717) is 0 Å². The van der Waals surface area contributed by atoms with Gasteiger partial charge in [-0.2, -0.15) is 0 Å².